The van der Waals surface area contributed by atoms with Gasteiger partial charge in [-0.2, -0.15) is 0 Å². The van der Waals surface area contributed by atoms with Crippen LogP contribution in [0.25, 0.3) is 16.7 Å². The SMILES string of the molecule is Cc1cccn2c(=O)c3cc(C(=O)NCC4CCCO4)c(=N)n(Cc4ccccc4)c3nc12. The van der Waals surface area contributed by atoms with Gasteiger partial charge < -0.3 is 14.6 Å². The fourth-order valence-corrected chi connectivity index (χ4v) is 4.30. The molecule has 1 amide bonds. The molecule has 0 radical (unpaired) electrons. The van der Waals surface area contributed by atoms with Gasteiger partial charge in [-0.05, 0) is 43.0 Å². The zero-order chi connectivity index (χ0) is 22.9. The van der Waals surface area contributed by atoms with Crippen molar-refractivity contribution in [3.05, 3.63) is 87.3 Å². The second-order valence-electron chi connectivity index (χ2n) is 8.36. The number of pyridine rings is 2. The molecule has 0 aliphatic carbocycles. The average molecular weight is 444 g/mol. The van der Waals surface area contributed by atoms with Crippen LogP contribution in [0, 0.1) is 12.3 Å². The van der Waals surface area contributed by atoms with E-state index >= 15 is 0 Å². The number of aryl methyl sites for hydroxylation is 1. The van der Waals surface area contributed by atoms with E-state index in [1.165, 1.54) is 10.5 Å². The summed E-state index contributed by atoms with van der Waals surface area (Å²) in [5, 5.41) is 12.0. The standard InChI is InChI=1S/C25H25N5O3/c1-16-7-5-11-29-22(16)28-23-20(25(29)32)13-19(24(31)27-14-18-10-6-12-33-18)21(26)30(23)15-17-8-3-2-4-9-17/h2-5,7-9,11,13,18,26H,6,10,12,14-15H2,1H3,(H,27,31). The van der Waals surface area contributed by atoms with Crippen molar-refractivity contribution in [3.63, 3.8) is 0 Å². The van der Waals surface area contributed by atoms with Gasteiger partial charge in [0, 0.05) is 19.3 Å². The van der Waals surface area contributed by atoms with Crippen molar-refractivity contribution in [1.82, 2.24) is 19.3 Å². The molecule has 1 atom stereocenters. The van der Waals surface area contributed by atoms with Crippen molar-refractivity contribution in [3.8, 4) is 0 Å². The van der Waals surface area contributed by atoms with Crippen LogP contribution in [0.5, 0.6) is 0 Å². The van der Waals surface area contributed by atoms with Crippen molar-refractivity contribution in [2.75, 3.05) is 13.2 Å². The maximum Gasteiger partial charge on any atom is 0.267 e. The molecule has 1 aliphatic heterocycles. The molecule has 1 aromatic carbocycles. The molecular formula is C25H25N5O3. The Hall–Kier alpha value is -3.78. The first kappa shape index (κ1) is 21.1. The van der Waals surface area contributed by atoms with Crippen LogP contribution in [-0.2, 0) is 11.3 Å². The third-order valence-corrected chi connectivity index (χ3v) is 6.08. The van der Waals surface area contributed by atoms with E-state index < -0.39 is 5.91 Å². The van der Waals surface area contributed by atoms with E-state index in [9.17, 15) is 9.59 Å². The first-order valence-corrected chi connectivity index (χ1v) is 11.1. The number of amides is 1. The van der Waals surface area contributed by atoms with Gasteiger partial charge in [-0.1, -0.05) is 36.4 Å². The molecule has 0 bridgehead atoms. The number of aromatic nitrogens is 3. The number of hydrogen-bond donors (Lipinski definition) is 2. The third-order valence-electron chi connectivity index (χ3n) is 6.08. The van der Waals surface area contributed by atoms with Crippen LogP contribution in [-0.4, -0.2) is 39.1 Å². The van der Waals surface area contributed by atoms with Crippen LogP contribution in [0.1, 0.15) is 34.3 Å². The van der Waals surface area contributed by atoms with E-state index in [-0.39, 0.29) is 22.7 Å². The molecule has 0 spiro atoms. The number of ether oxygens (including phenoxy) is 1. The van der Waals surface area contributed by atoms with E-state index in [1.54, 1.807) is 16.8 Å². The summed E-state index contributed by atoms with van der Waals surface area (Å²) >= 11 is 0. The van der Waals surface area contributed by atoms with Gasteiger partial charge in [-0.3, -0.25) is 19.4 Å². The van der Waals surface area contributed by atoms with Gasteiger partial charge >= 0.3 is 0 Å². The zero-order valence-electron chi connectivity index (χ0n) is 18.4. The van der Waals surface area contributed by atoms with Gasteiger partial charge in [0.05, 0.1) is 23.6 Å². The fourth-order valence-electron chi connectivity index (χ4n) is 4.30. The molecule has 4 aromatic rings. The first-order chi connectivity index (χ1) is 16.0. The molecule has 2 N–H and O–H groups in total. The van der Waals surface area contributed by atoms with Crippen LogP contribution in [0.4, 0.5) is 0 Å². The number of hydrogen-bond acceptors (Lipinski definition) is 5. The highest BCUT2D eigenvalue weighted by Crippen LogP contribution is 2.15. The quantitative estimate of drug-likeness (QED) is 0.463. The van der Waals surface area contributed by atoms with E-state index in [4.69, 9.17) is 15.1 Å². The van der Waals surface area contributed by atoms with Crippen LogP contribution < -0.4 is 16.4 Å². The largest absolute Gasteiger partial charge is 0.376 e. The fraction of sp³-hybridized carbons (Fsp3) is 0.280. The maximum atomic E-state index is 13.4. The normalized spacial score (nSPS) is 15.8. The van der Waals surface area contributed by atoms with E-state index in [0.29, 0.717) is 36.4 Å². The maximum absolute atomic E-state index is 13.4. The minimum absolute atomic E-state index is 0.0146. The molecule has 0 saturated carbocycles. The zero-order valence-corrected chi connectivity index (χ0v) is 18.4. The monoisotopic (exact) mass is 443 g/mol. The van der Waals surface area contributed by atoms with Crippen LogP contribution in [0.15, 0.2) is 59.5 Å². The van der Waals surface area contributed by atoms with Gasteiger partial charge in [-0.25, -0.2) is 4.98 Å². The summed E-state index contributed by atoms with van der Waals surface area (Å²) in [7, 11) is 0. The molecule has 8 nitrogen and oxygen atoms in total. The Kier molecular flexibility index (Phi) is 5.51. The summed E-state index contributed by atoms with van der Waals surface area (Å²) < 4.78 is 8.72. The lowest BCUT2D eigenvalue weighted by Crippen LogP contribution is -2.38. The minimum Gasteiger partial charge on any atom is -0.376 e. The summed E-state index contributed by atoms with van der Waals surface area (Å²) in [6.07, 6.45) is 3.53. The Balaban J connectivity index is 1.69. The smallest absolute Gasteiger partial charge is 0.267 e. The molecule has 1 aliphatic rings. The molecular weight excluding hydrogens is 418 g/mol. The van der Waals surface area contributed by atoms with Crippen molar-refractivity contribution < 1.29 is 9.53 Å². The van der Waals surface area contributed by atoms with Crippen molar-refractivity contribution in [1.29, 1.82) is 5.41 Å². The minimum atomic E-state index is -0.395. The summed E-state index contributed by atoms with van der Waals surface area (Å²) in [5.74, 6) is -0.395. The van der Waals surface area contributed by atoms with Gasteiger partial charge in [0.1, 0.15) is 16.8 Å². The molecule has 1 unspecified atom stereocenters. The Morgan fingerprint density at radius 2 is 2.03 bits per heavy atom. The highest BCUT2D eigenvalue weighted by atomic mass is 16.5. The number of fused-ring (bicyclic) bond motifs is 2. The van der Waals surface area contributed by atoms with Gasteiger partial charge in [0.2, 0.25) is 0 Å². The van der Waals surface area contributed by atoms with Crippen LogP contribution in [0.3, 0.4) is 0 Å². The number of rotatable bonds is 5. The number of benzene rings is 1. The number of nitrogens with zero attached hydrogens (tertiary/aromatic N) is 3. The second kappa shape index (κ2) is 8.63. The van der Waals surface area contributed by atoms with Gasteiger partial charge in [0.15, 0.2) is 0 Å². The van der Waals surface area contributed by atoms with E-state index in [2.05, 4.69) is 5.32 Å². The van der Waals surface area contributed by atoms with Crippen LogP contribution in [0.2, 0.25) is 0 Å². The molecule has 4 heterocycles. The molecule has 8 heteroatoms. The first-order valence-electron chi connectivity index (χ1n) is 11.1. The Morgan fingerprint density at radius 1 is 1.21 bits per heavy atom. The topological polar surface area (TPSA) is 101 Å². The molecule has 1 fully saturated rings. The lowest BCUT2D eigenvalue weighted by atomic mass is 10.1. The summed E-state index contributed by atoms with van der Waals surface area (Å²) in [5.41, 5.74) is 2.61. The predicted octanol–water partition coefficient (Wildman–Crippen LogP) is 2.39. The lowest BCUT2D eigenvalue weighted by Gasteiger charge is -2.16. The number of carbonyl (C=O) groups excluding carboxylic acids is 1. The Morgan fingerprint density at radius 3 is 2.79 bits per heavy atom. The van der Waals surface area contributed by atoms with Crippen molar-refractivity contribution >= 4 is 22.6 Å². The van der Waals surface area contributed by atoms with Gasteiger partial charge in [-0.15, -0.1) is 0 Å². The van der Waals surface area contributed by atoms with Gasteiger partial charge in [0.25, 0.3) is 11.5 Å². The lowest BCUT2D eigenvalue weighted by molar-refractivity contribution is 0.0856. The Labute approximate surface area is 190 Å². The van der Waals surface area contributed by atoms with Crippen LogP contribution >= 0.6 is 0 Å². The molecule has 3 aromatic heterocycles. The van der Waals surface area contributed by atoms with E-state index in [0.717, 1.165) is 24.0 Å². The second-order valence-corrected chi connectivity index (χ2v) is 8.36. The summed E-state index contributed by atoms with van der Waals surface area (Å²) in [6, 6.07) is 14.8. The number of carbonyl (C=O) groups is 1. The highest BCUT2D eigenvalue weighted by Gasteiger charge is 2.20. The molecule has 168 valence electrons. The van der Waals surface area contributed by atoms with E-state index in [1.807, 2.05) is 43.3 Å². The van der Waals surface area contributed by atoms with Crippen molar-refractivity contribution in [2.45, 2.75) is 32.4 Å². The molecule has 1 saturated heterocycles. The average Bonchev–Trinajstić information content (AvgIpc) is 3.35. The molecule has 5 rings (SSSR count). The summed E-state index contributed by atoms with van der Waals surface area (Å²) in [6.45, 7) is 3.29. The summed E-state index contributed by atoms with van der Waals surface area (Å²) in [4.78, 5) is 31.2. The Bertz CT molecular complexity index is 1470. The van der Waals surface area contributed by atoms with Crippen molar-refractivity contribution in [2.24, 2.45) is 0 Å². The number of nitrogens with one attached hydrogen (secondary N) is 2. The third kappa shape index (κ3) is 3.93. The highest BCUT2D eigenvalue weighted by molar-refractivity contribution is 5.96. The molecule has 33 heavy (non-hydrogen) atoms. The predicted molar refractivity (Wildman–Crippen MR) is 124 cm³/mol.